The summed E-state index contributed by atoms with van der Waals surface area (Å²) in [6.45, 7) is 1.56. The second-order valence-electron chi connectivity index (χ2n) is 6.17. The summed E-state index contributed by atoms with van der Waals surface area (Å²) in [7, 11) is 5.70. The van der Waals surface area contributed by atoms with Gasteiger partial charge < -0.3 is 15.0 Å². The van der Waals surface area contributed by atoms with E-state index >= 15 is 0 Å². The molecular weight excluding hydrogens is 299 g/mol. The fraction of sp³-hybridized carbons (Fsp3) is 0.222. The molecule has 0 saturated heterocycles. The second-order valence-corrected chi connectivity index (χ2v) is 6.17. The molecule has 0 unspecified atom stereocenters. The Bertz CT molecular complexity index is 872. The van der Waals surface area contributed by atoms with E-state index in [-0.39, 0.29) is 5.68 Å². The number of nitrogens with zero attached hydrogens (tertiary/aromatic N) is 3. The van der Waals surface area contributed by atoms with Gasteiger partial charge in [-0.15, -0.1) is 0 Å². The number of aromatic nitrogens is 2. The number of carbonyl (C=O) groups is 1. The SMILES string of the molecule is BC(=O)c1c(NCc2ccccc2CN(C)C)ccc2nccn12. The van der Waals surface area contributed by atoms with Gasteiger partial charge in [-0.05, 0) is 37.4 Å². The first kappa shape index (κ1) is 16.3. The first-order valence-electron chi connectivity index (χ1n) is 7.98. The Morgan fingerprint density at radius 1 is 1.21 bits per heavy atom. The van der Waals surface area contributed by atoms with Gasteiger partial charge in [0.1, 0.15) is 17.0 Å². The molecule has 122 valence electrons. The normalized spacial score (nSPS) is 11.1. The maximum absolute atomic E-state index is 12.1. The number of carbonyl (C=O) groups excluding carboxylic acids is 1. The monoisotopic (exact) mass is 320 g/mol. The van der Waals surface area contributed by atoms with Crippen LogP contribution in [0.1, 0.15) is 21.6 Å². The van der Waals surface area contributed by atoms with Crippen molar-refractivity contribution in [3.8, 4) is 0 Å². The molecule has 0 spiro atoms. The number of benzene rings is 1. The number of hydrogen-bond donors (Lipinski definition) is 1. The summed E-state index contributed by atoms with van der Waals surface area (Å²) in [5.41, 5.74) is 4.76. The van der Waals surface area contributed by atoms with Gasteiger partial charge in [-0.3, -0.25) is 4.40 Å². The van der Waals surface area contributed by atoms with Gasteiger partial charge >= 0.3 is 0 Å². The van der Waals surface area contributed by atoms with Gasteiger partial charge in [-0.1, -0.05) is 24.3 Å². The Kier molecular flexibility index (Phi) is 4.67. The molecule has 3 rings (SSSR count). The van der Waals surface area contributed by atoms with Crippen molar-refractivity contribution >= 4 is 24.9 Å². The van der Waals surface area contributed by atoms with Crippen LogP contribution in [0.15, 0.2) is 48.8 Å². The zero-order valence-corrected chi connectivity index (χ0v) is 14.3. The highest BCUT2D eigenvalue weighted by Gasteiger charge is 2.12. The van der Waals surface area contributed by atoms with Crippen LogP contribution in [-0.4, -0.2) is 41.9 Å². The summed E-state index contributed by atoms with van der Waals surface area (Å²) in [4.78, 5) is 18.5. The Morgan fingerprint density at radius 2 is 1.96 bits per heavy atom. The molecule has 0 atom stereocenters. The lowest BCUT2D eigenvalue weighted by atomic mass is 9.97. The smallest absolute Gasteiger partial charge is 0.195 e. The standard InChI is InChI=1S/C18H21BN4O/c1-22(2)12-14-6-4-3-5-13(14)11-21-15-7-8-16-20-9-10-23(16)17(15)18(19)24/h3-10,21H,11-12,19H2,1-2H3. The molecule has 0 aliphatic carbocycles. The minimum atomic E-state index is 0.0164. The molecule has 0 saturated carbocycles. The van der Waals surface area contributed by atoms with Crippen molar-refractivity contribution in [1.82, 2.24) is 14.3 Å². The average molecular weight is 320 g/mol. The molecule has 0 radical (unpaired) electrons. The van der Waals surface area contributed by atoms with E-state index in [0.717, 1.165) is 17.9 Å². The van der Waals surface area contributed by atoms with Crippen LogP contribution in [0.25, 0.3) is 5.65 Å². The van der Waals surface area contributed by atoms with E-state index in [2.05, 4.69) is 47.5 Å². The van der Waals surface area contributed by atoms with Crippen LogP contribution in [0, 0.1) is 0 Å². The number of hydrogen-bond acceptors (Lipinski definition) is 4. The highest BCUT2D eigenvalue weighted by molar-refractivity contribution is 6.62. The van der Waals surface area contributed by atoms with Crippen LogP contribution < -0.4 is 5.32 Å². The zero-order chi connectivity index (χ0) is 17.1. The first-order valence-corrected chi connectivity index (χ1v) is 7.98. The van der Waals surface area contributed by atoms with Crippen LogP contribution in [0.5, 0.6) is 0 Å². The summed E-state index contributed by atoms with van der Waals surface area (Å²) in [6, 6.07) is 12.2. The van der Waals surface area contributed by atoms with Gasteiger partial charge in [0.05, 0.1) is 5.69 Å². The summed E-state index contributed by atoms with van der Waals surface area (Å²) in [5, 5.41) is 3.42. The van der Waals surface area contributed by atoms with Crippen molar-refractivity contribution in [2.75, 3.05) is 19.4 Å². The molecule has 24 heavy (non-hydrogen) atoms. The van der Waals surface area contributed by atoms with E-state index < -0.39 is 0 Å². The van der Waals surface area contributed by atoms with E-state index in [1.54, 1.807) is 14.0 Å². The predicted octanol–water partition coefficient (Wildman–Crippen LogP) is 1.78. The molecule has 6 heteroatoms. The largest absolute Gasteiger partial charge is 0.379 e. The Balaban J connectivity index is 1.89. The zero-order valence-electron chi connectivity index (χ0n) is 14.3. The summed E-state index contributed by atoms with van der Waals surface area (Å²) >= 11 is 0. The first-order chi connectivity index (χ1) is 11.6. The fourth-order valence-electron chi connectivity index (χ4n) is 2.91. The van der Waals surface area contributed by atoms with Gasteiger partial charge in [0.2, 0.25) is 0 Å². The molecule has 1 aromatic carbocycles. The second kappa shape index (κ2) is 6.89. The molecule has 0 bridgehead atoms. The molecule has 0 fully saturated rings. The highest BCUT2D eigenvalue weighted by atomic mass is 16.1. The van der Waals surface area contributed by atoms with Gasteiger partial charge in [-0.25, -0.2) is 4.98 Å². The Labute approximate surface area is 142 Å². The molecule has 0 aliphatic rings. The average Bonchev–Trinajstić information content (AvgIpc) is 3.01. The summed E-state index contributed by atoms with van der Waals surface area (Å²) in [5.74, 6) is 0. The quantitative estimate of drug-likeness (QED) is 0.704. The number of pyridine rings is 1. The topological polar surface area (TPSA) is 49.6 Å². The van der Waals surface area contributed by atoms with Crippen molar-refractivity contribution in [2.45, 2.75) is 13.1 Å². The summed E-state index contributed by atoms with van der Waals surface area (Å²) in [6.07, 6.45) is 3.52. The molecule has 5 nitrogen and oxygen atoms in total. The minimum Gasteiger partial charge on any atom is -0.379 e. The van der Waals surface area contributed by atoms with Crippen molar-refractivity contribution in [3.05, 3.63) is 65.6 Å². The van der Waals surface area contributed by atoms with Gasteiger partial charge in [0.25, 0.3) is 0 Å². The van der Waals surface area contributed by atoms with Crippen molar-refractivity contribution in [3.63, 3.8) is 0 Å². The van der Waals surface area contributed by atoms with E-state index in [1.165, 1.54) is 11.1 Å². The van der Waals surface area contributed by atoms with E-state index in [9.17, 15) is 4.79 Å². The Hall–Kier alpha value is -2.60. The minimum absolute atomic E-state index is 0.0164. The van der Waals surface area contributed by atoms with E-state index in [1.807, 2.05) is 28.8 Å². The third-order valence-corrected chi connectivity index (χ3v) is 3.97. The molecule has 0 amide bonds. The van der Waals surface area contributed by atoms with Crippen LogP contribution >= 0.6 is 0 Å². The van der Waals surface area contributed by atoms with E-state index in [0.29, 0.717) is 12.2 Å². The lowest BCUT2D eigenvalue weighted by molar-refractivity contribution is 0.107. The van der Waals surface area contributed by atoms with Crippen molar-refractivity contribution in [2.24, 2.45) is 0 Å². The third kappa shape index (κ3) is 3.33. The number of fused-ring (bicyclic) bond motifs is 1. The fourth-order valence-corrected chi connectivity index (χ4v) is 2.91. The third-order valence-electron chi connectivity index (χ3n) is 3.97. The van der Waals surface area contributed by atoms with Crippen molar-refractivity contribution < 1.29 is 4.79 Å². The number of imidazole rings is 1. The number of nitrogens with one attached hydrogen (secondary N) is 1. The lowest BCUT2D eigenvalue weighted by Crippen LogP contribution is -2.15. The van der Waals surface area contributed by atoms with Crippen LogP contribution in [0.3, 0.4) is 0 Å². The highest BCUT2D eigenvalue weighted by Crippen LogP contribution is 2.20. The molecule has 3 aromatic rings. The van der Waals surface area contributed by atoms with E-state index in [4.69, 9.17) is 0 Å². The van der Waals surface area contributed by atoms with Crippen LogP contribution in [0.2, 0.25) is 0 Å². The maximum Gasteiger partial charge on any atom is 0.195 e. The predicted molar refractivity (Wildman–Crippen MR) is 99.2 cm³/mol. The van der Waals surface area contributed by atoms with Gasteiger partial charge in [-0.2, -0.15) is 0 Å². The van der Waals surface area contributed by atoms with Gasteiger partial charge in [0, 0.05) is 25.5 Å². The van der Waals surface area contributed by atoms with Crippen molar-refractivity contribution in [1.29, 1.82) is 0 Å². The molecule has 0 aliphatic heterocycles. The van der Waals surface area contributed by atoms with Crippen LogP contribution in [-0.2, 0) is 13.1 Å². The van der Waals surface area contributed by atoms with Crippen LogP contribution in [0.4, 0.5) is 5.69 Å². The van der Waals surface area contributed by atoms with Gasteiger partial charge in [0.15, 0.2) is 7.85 Å². The maximum atomic E-state index is 12.1. The lowest BCUT2D eigenvalue weighted by Gasteiger charge is -2.16. The Morgan fingerprint density at radius 3 is 2.67 bits per heavy atom. The number of rotatable bonds is 6. The molecule has 1 N–H and O–H groups in total. The molecule has 2 aromatic heterocycles. The number of anilines is 1. The molecular formula is C18H21BN4O. The summed E-state index contributed by atoms with van der Waals surface area (Å²) < 4.78 is 1.83. The molecule has 2 heterocycles.